The lowest BCUT2D eigenvalue weighted by Crippen LogP contribution is -2.55. The van der Waals surface area contributed by atoms with Gasteiger partial charge in [-0.15, -0.1) is 0 Å². The fourth-order valence-electron chi connectivity index (χ4n) is 2.69. The van der Waals surface area contributed by atoms with Crippen molar-refractivity contribution in [2.75, 3.05) is 0 Å². The Balaban J connectivity index is 2.39. The summed E-state index contributed by atoms with van der Waals surface area (Å²) in [6, 6.07) is 0. The molecule has 0 spiro atoms. The summed E-state index contributed by atoms with van der Waals surface area (Å²) in [4.78, 5) is 36.9. The number of fused-ring (bicyclic) bond motifs is 1. The summed E-state index contributed by atoms with van der Waals surface area (Å²) in [5, 5.41) is 9.30. The predicted molar refractivity (Wildman–Crippen MR) is 63.5 cm³/mol. The first-order valence-electron chi connectivity index (χ1n) is 6.19. The zero-order valence-corrected chi connectivity index (χ0v) is 10.5. The first kappa shape index (κ1) is 12.8. The molecule has 1 N–H and O–H groups in total. The second-order valence-electron chi connectivity index (χ2n) is 5.10. The van der Waals surface area contributed by atoms with E-state index >= 15 is 0 Å². The second-order valence-corrected chi connectivity index (χ2v) is 5.10. The molecular formula is C13H17NO4. The lowest BCUT2D eigenvalue weighted by Gasteiger charge is -2.32. The van der Waals surface area contributed by atoms with Crippen molar-refractivity contribution in [1.29, 1.82) is 0 Å². The largest absolute Gasteiger partial charge is 0.479 e. The van der Waals surface area contributed by atoms with Gasteiger partial charge >= 0.3 is 5.97 Å². The van der Waals surface area contributed by atoms with E-state index in [4.69, 9.17) is 0 Å². The Kier molecular flexibility index (Phi) is 3.00. The maximum Gasteiger partial charge on any atom is 0.329 e. The monoisotopic (exact) mass is 251 g/mol. The molecule has 0 aromatic carbocycles. The highest BCUT2D eigenvalue weighted by atomic mass is 16.4. The molecule has 0 saturated carbocycles. The van der Waals surface area contributed by atoms with Gasteiger partial charge in [-0.05, 0) is 26.2 Å². The molecule has 0 radical (unpaired) electrons. The first-order chi connectivity index (χ1) is 8.43. The summed E-state index contributed by atoms with van der Waals surface area (Å²) in [6.07, 6.45) is 5.06. The number of amides is 2. The van der Waals surface area contributed by atoms with E-state index < -0.39 is 11.5 Å². The van der Waals surface area contributed by atoms with E-state index in [2.05, 4.69) is 0 Å². The molecule has 0 aromatic heterocycles. The van der Waals surface area contributed by atoms with Gasteiger partial charge in [0.25, 0.3) is 0 Å². The maximum atomic E-state index is 12.3. The SMILES string of the molecule is CCC(C)(C(=O)O)N1C(=O)C2CC=CCC2C1=O. The quantitative estimate of drug-likeness (QED) is 0.604. The van der Waals surface area contributed by atoms with E-state index in [1.165, 1.54) is 6.92 Å². The van der Waals surface area contributed by atoms with Gasteiger partial charge < -0.3 is 5.11 Å². The molecule has 2 amide bonds. The molecule has 98 valence electrons. The fourth-order valence-corrected chi connectivity index (χ4v) is 2.69. The normalized spacial score (nSPS) is 30.2. The predicted octanol–water partition coefficient (Wildman–Crippen LogP) is 1.19. The van der Waals surface area contributed by atoms with Crippen molar-refractivity contribution >= 4 is 17.8 Å². The van der Waals surface area contributed by atoms with Gasteiger partial charge in [0.15, 0.2) is 0 Å². The zero-order chi connectivity index (χ0) is 13.5. The van der Waals surface area contributed by atoms with Crippen LogP contribution < -0.4 is 0 Å². The third-order valence-electron chi connectivity index (χ3n) is 4.15. The number of carboxylic acids is 1. The van der Waals surface area contributed by atoms with Crippen molar-refractivity contribution in [1.82, 2.24) is 4.90 Å². The van der Waals surface area contributed by atoms with E-state index in [-0.39, 0.29) is 30.1 Å². The number of likely N-dealkylation sites (tertiary alicyclic amines) is 1. The minimum atomic E-state index is -1.43. The molecule has 2 rings (SSSR count). The Morgan fingerprint density at radius 1 is 1.33 bits per heavy atom. The van der Waals surface area contributed by atoms with E-state index in [0.717, 1.165) is 4.90 Å². The smallest absolute Gasteiger partial charge is 0.329 e. The van der Waals surface area contributed by atoms with E-state index in [1.807, 2.05) is 12.2 Å². The minimum absolute atomic E-state index is 0.215. The molecule has 1 saturated heterocycles. The molecular weight excluding hydrogens is 234 g/mol. The lowest BCUT2D eigenvalue weighted by atomic mass is 9.85. The second kappa shape index (κ2) is 4.23. The minimum Gasteiger partial charge on any atom is -0.479 e. The van der Waals surface area contributed by atoms with Crippen LogP contribution in [0.2, 0.25) is 0 Å². The van der Waals surface area contributed by atoms with Gasteiger partial charge in [0.05, 0.1) is 11.8 Å². The highest BCUT2D eigenvalue weighted by Gasteiger charge is 2.55. The molecule has 18 heavy (non-hydrogen) atoms. The van der Waals surface area contributed by atoms with Crippen LogP contribution in [0.3, 0.4) is 0 Å². The summed E-state index contributed by atoms with van der Waals surface area (Å²) < 4.78 is 0. The van der Waals surface area contributed by atoms with Crippen LogP contribution in [0.25, 0.3) is 0 Å². The molecule has 1 fully saturated rings. The van der Waals surface area contributed by atoms with Gasteiger partial charge in [0.2, 0.25) is 11.8 Å². The van der Waals surface area contributed by atoms with Gasteiger partial charge in [-0.1, -0.05) is 19.1 Å². The zero-order valence-electron chi connectivity index (χ0n) is 10.5. The number of allylic oxidation sites excluding steroid dienone is 2. The number of imide groups is 1. The van der Waals surface area contributed by atoms with Crippen LogP contribution in [0.15, 0.2) is 12.2 Å². The number of hydrogen-bond donors (Lipinski definition) is 1. The van der Waals surface area contributed by atoms with Gasteiger partial charge in [-0.25, -0.2) is 4.79 Å². The van der Waals surface area contributed by atoms with Crippen LogP contribution >= 0.6 is 0 Å². The molecule has 5 heteroatoms. The highest BCUT2D eigenvalue weighted by Crippen LogP contribution is 2.39. The highest BCUT2D eigenvalue weighted by molar-refractivity contribution is 6.09. The number of carbonyl (C=O) groups excluding carboxylic acids is 2. The van der Waals surface area contributed by atoms with Crippen LogP contribution in [-0.4, -0.2) is 33.3 Å². The van der Waals surface area contributed by atoms with E-state index in [1.54, 1.807) is 6.92 Å². The third kappa shape index (κ3) is 1.57. The summed E-state index contributed by atoms with van der Waals surface area (Å²) >= 11 is 0. The van der Waals surface area contributed by atoms with Crippen LogP contribution in [0.4, 0.5) is 0 Å². The molecule has 0 bridgehead atoms. The van der Waals surface area contributed by atoms with Crippen molar-refractivity contribution in [2.45, 2.75) is 38.6 Å². The Labute approximate surface area is 105 Å². The van der Waals surface area contributed by atoms with Gasteiger partial charge in [0.1, 0.15) is 5.54 Å². The summed E-state index contributed by atoms with van der Waals surface area (Å²) in [5.41, 5.74) is -1.43. The van der Waals surface area contributed by atoms with Crippen molar-refractivity contribution < 1.29 is 19.5 Å². The van der Waals surface area contributed by atoms with Crippen LogP contribution in [0, 0.1) is 11.8 Å². The van der Waals surface area contributed by atoms with E-state index in [9.17, 15) is 19.5 Å². The molecule has 5 nitrogen and oxygen atoms in total. The summed E-state index contributed by atoms with van der Waals surface area (Å²) in [5.74, 6) is -2.53. The van der Waals surface area contributed by atoms with Crippen molar-refractivity contribution in [2.24, 2.45) is 11.8 Å². The van der Waals surface area contributed by atoms with Crippen LogP contribution in [-0.2, 0) is 14.4 Å². The van der Waals surface area contributed by atoms with Gasteiger partial charge in [-0.3, -0.25) is 14.5 Å². The number of aliphatic carboxylic acids is 1. The molecule has 3 atom stereocenters. The Morgan fingerprint density at radius 2 is 1.78 bits per heavy atom. The first-order valence-corrected chi connectivity index (χ1v) is 6.19. The number of carbonyl (C=O) groups is 3. The van der Waals surface area contributed by atoms with Crippen molar-refractivity contribution in [3.63, 3.8) is 0 Å². The fraction of sp³-hybridized carbons (Fsp3) is 0.615. The molecule has 1 aliphatic carbocycles. The molecule has 1 aliphatic heterocycles. The summed E-state index contributed by atoms with van der Waals surface area (Å²) in [6.45, 7) is 3.12. The Bertz CT molecular complexity index is 416. The van der Waals surface area contributed by atoms with Crippen LogP contribution in [0.1, 0.15) is 33.1 Å². The molecule has 3 unspecified atom stereocenters. The lowest BCUT2D eigenvalue weighted by molar-refractivity contribution is -0.162. The standard InChI is InChI=1S/C13H17NO4/c1-3-13(2,12(17)18)14-10(15)8-6-4-5-7-9(8)11(14)16/h4-5,8-9H,3,6-7H2,1-2H3,(H,17,18). The molecule has 0 aromatic rings. The Hall–Kier alpha value is -1.65. The number of nitrogens with zero attached hydrogens (tertiary/aromatic N) is 1. The van der Waals surface area contributed by atoms with Crippen molar-refractivity contribution in [3.05, 3.63) is 12.2 Å². The number of rotatable bonds is 3. The van der Waals surface area contributed by atoms with E-state index in [0.29, 0.717) is 12.8 Å². The number of carboxylic acid groups (broad SMARTS) is 1. The van der Waals surface area contributed by atoms with Gasteiger partial charge in [-0.2, -0.15) is 0 Å². The average molecular weight is 251 g/mol. The third-order valence-corrected chi connectivity index (χ3v) is 4.15. The Morgan fingerprint density at radius 3 is 2.11 bits per heavy atom. The van der Waals surface area contributed by atoms with Gasteiger partial charge in [0, 0.05) is 0 Å². The molecule has 2 aliphatic rings. The molecule has 1 heterocycles. The topological polar surface area (TPSA) is 74.7 Å². The average Bonchev–Trinajstić information content (AvgIpc) is 2.62. The number of hydrogen-bond acceptors (Lipinski definition) is 3. The van der Waals surface area contributed by atoms with Crippen LogP contribution in [0.5, 0.6) is 0 Å². The van der Waals surface area contributed by atoms with Crippen molar-refractivity contribution in [3.8, 4) is 0 Å². The maximum absolute atomic E-state index is 12.3. The summed E-state index contributed by atoms with van der Waals surface area (Å²) in [7, 11) is 0.